The predicted octanol–water partition coefficient (Wildman–Crippen LogP) is 1.69. The molecule has 1 aromatic carbocycles. The van der Waals surface area contributed by atoms with E-state index in [0.717, 1.165) is 47.0 Å². The SMILES string of the molecule is Cc1nc2cc(C(=O)CN3CCNCC3)ccc2s1. The monoisotopic (exact) mass is 275 g/mol. The van der Waals surface area contributed by atoms with Crippen LogP contribution in [0.4, 0.5) is 0 Å². The van der Waals surface area contributed by atoms with Gasteiger partial charge in [-0.25, -0.2) is 4.98 Å². The number of thiazole rings is 1. The van der Waals surface area contributed by atoms with Gasteiger partial charge in [-0.3, -0.25) is 9.69 Å². The molecule has 1 fully saturated rings. The quantitative estimate of drug-likeness (QED) is 0.866. The fraction of sp³-hybridized carbons (Fsp3) is 0.429. The number of Topliss-reactive ketones (excluding diaryl/α,β-unsaturated/α-hetero) is 1. The largest absolute Gasteiger partial charge is 0.314 e. The zero-order valence-electron chi connectivity index (χ0n) is 11.0. The van der Waals surface area contributed by atoms with Crippen molar-refractivity contribution in [1.82, 2.24) is 15.2 Å². The summed E-state index contributed by atoms with van der Waals surface area (Å²) in [5, 5.41) is 4.34. The van der Waals surface area contributed by atoms with Gasteiger partial charge in [-0.1, -0.05) is 0 Å². The summed E-state index contributed by atoms with van der Waals surface area (Å²) >= 11 is 1.67. The zero-order chi connectivity index (χ0) is 13.2. The number of rotatable bonds is 3. The molecule has 0 aliphatic carbocycles. The second-order valence-electron chi connectivity index (χ2n) is 4.86. The zero-order valence-corrected chi connectivity index (χ0v) is 11.8. The van der Waals surface area contributed by atoms with E-state index >= 15 is 0 Å². The lowest BCUT2D eigenvalue weighted by atomic mass is 10.1. The number of nitrogens with one attached hydrogen (secondary N) is 1. The second kappa shape index (κ2) is 5.36. The molecule has 0 radical (unpaired) electrons. The number of ketones is 1. The normalized spacial score (nSPS) is 16.9. The van der Waals surface area contributed by atoms with Gasteiger partial charge in [0.15, 0.2) is 5.78 Å². The molecule has 0 spiro atoms. The molecule has 1 N–H and O–H groups in total. The Morgan fingerprint density at radius 3 is 3.00 bits per heavy atom. The number of hydrogen-bond acceptors (Lipinski definition) is 5. The Hall–Kier alpha value is -1.30. The van der Waals surface area contributed by atoms with E-state index in [1.807, 2.05) is 25.1 Å². The Morgan fingerprint density at radius 2 is 2.21 bits per heavy atom. The molecule has 0 saturated carbocycles. The topological polar surface area (TPSA) is 45.2 Å². The highest BCUT2D eigenvalue weighted by Crippen LogP contribution is 2.22. The maximum Gasteiger partial charge on any atom is 0.176 e. The lowest BCUT2D eigenvalue weighted by molar-refractivity contribution is 0.0921. The number of hydrogen-bond donors (Lipinski definition) is 1. The van der Waals surface area contributed by atoms with Crippen molar-refractivity contribution in [2.75, 3.05) is 32.7 Å². The van der Waals surface area contributed by atoms with E-state index in [-0.39, 0.29) is 5.78 Å². The van der Waals surface area contributed by atoms with Crippen molar-refractivity contribution in [3.8, 4) is 0 Å². The molecule has 1 aliphatic heterocycles. The maximum absolute atomic E-state index is 12.3. The molecule has 1 aromatic heterocycles. The van der Waals surface area contributed by atoms with Gasteiger partial charge in [0.05, 0.1) is 21.8 Å². The van der Waals surface area contributed by atoms with E-state index in [1.165, 1.54) is 0 Å². The molecule has 1 saturated heterocycles. The molecule has 1 aliphatic rings. The molecular formula is C14H17N3OS. The van der Waals surface area contributed by atoms with Crippen LogP contribution in [-0.2, 0) is 0 Å². The predicted molar refractivity (Wildman–Crippen MR) is 78.0 cm³/mol. The van der Waals surface area contributed by atoms with Gasteiger partial charge >= 0.3 is 0 Å². The third-order valence-electron chi connectivity index (χ3n) is 3.39. The standard InChI is InChI=1S/C14H17N3OS/c1-10-16-12-8-11(2-3-14(12)19-10)13(18)9-17-6-4-15-5-7-17/h2-3,8,15H,4-7,9H2,1H3. The van der Waals surface area contributed by atoms with Gasteiger partial charge < -0.3 is 5.32 Å². The van der Waals surface area contributed by atoms with Crippen LogP contribution in [0.2, 0.25) is 0 Å². The van der Waals surface area contributed by atoms with Crippen molar-refractivity contribution < 1.29 is 4.79 Å². The van der Waals surface area contributed by atoms with Crippen molar-refractivity contribution in [2.45, 2.75) is 6.92 Å². The Balaban J connectivity index is 1.76. The smallest absolute Gasteiger partial charge is 0.176 e. The van der Waals surface area contributed by atoms with Crippen LogP contribution in [0.3, 0.4) is 0 Å². The van der Waals surface area contributed by atoms with Crippen LogP contribution in [0.25, 0.3) is 10.2 Å². The summed E-state index contributed by atoms with van der Waals surface area (Å²) < 4.78 is 1.15. The fourth-order valence-electron chi connectivity index (χ4n) is 2.38. The Kier molecular flexibility index (Phi) is 3.59. The minimum absolute atomic E-state index is 0.189. The van der Waals surface area contributed by atoms with Crippen molar-refractivity contribution >= 4 is 27.3 Å². The average molecular weight is 275 g/mol. The maximum atomic E-state index is 12.3. The molecule has 0 unspecified atom stereocenters. The number of fused-ring (bicyclic) bond motifs is 1. The van der Waals surface area contributed by atoms with Gasteiger partial charge in [0.25, 0.3) is 0 Å². The minimum Gasteiger partial charge on any atom is -0.314 e. The first-order valence-electron chi connectivity index (χ1n) is 6.56. The lowest BCUT2D eigenvalue weighted by Crippen LogP contribution is -2.45. The number of nitrogens with zero attached hydrogens (tertiary/aromatic N) is 2. The van der Waals surface area contributed by atoms with Gasteiger partial charge in [0.1, 0.15) is 0 Å². The molecule has 0 amide bonds. The number of aryl methyl sites for hydroxylation is 1. The summed E-state index contributed by atoms with van der Waals surface area (Å²) in [5.41, 5.74) is 1.71. The van der Waals surface area contributed by atoms with E-state index in [4.69, 9.17) is 0 Å². The molecule has 5 heteroatoms. The molecule has 0 atom stereocenters. The molecule has 4 nitrogen and oxygen atoms in total. The third kappa shape index (κ3) is 2.83. The molecule has 3 rings (SSSR count). The summed E-state index contributed by atoms with van der Waals surface area (Å²) in [5.74, 6) is 0.189. The first-order chi connectivity index (χ1) is 9.22. The van der Waals surface area contributed by atoms with Crippen molar-refractivity contribution in [3.63, 3.8) is 0 Å². The van der Waals surface area contributed by atoms with Crippen molar-refractivity contribution in [1.29, 1.82) is 0 Å². The van der Waals surface area contributed by atoms with Crippen LogP contribution in [0.15, 0.2) is 18.2 Å². The highest BCUT2D eigenvalue weighted by molar-refractivity contribution is 7.18. The van der Waals surface area contributed by atoms with Gasteiger partial charge in [-0.05, 0) is 25.1 Å². The summed E-state index contributed by atoms with van der Waals surface area (Å²) in [7, 11) is 0. The molecular weight excluding hydrogens is 258 g/mol. The Labute approximate surface area is 116 Å². The second-order valence-corrected chi connectivity index (χ2v) is 6.10. The Morgan fingerprint density at radius 1 is 1.42 bits per heavy atom. The number of benzene rings is 1. The summed E-state index contributed by atoms with van der Waals surface area (Å²) in [6.07, 6.45) is 0. The van der Waals surface area contributed by atoms with E-state index in [9.17, 15) is 4.79 Å². The van der Waals surface area contributed by atoms with Crippen LogP contribution in [0.1, 0.15) is 15.4 Å². The summed E-state index contributed by atoms with van der Waals surface area (Å²) in [4.78, 5) is 18.9. The van der Waals surface area contributed by atoms with Gasteiger partial charge in [-0.2, -0.15) is 0 Å². The molecule has 100 valence electrons. The summed E-state index contributed by atoms with van der Waals surface area (Å²) in [6, 6.07) is 5.85. The van der Waals surface area contributed by atoms with E-state index in [1.54, 1.807) is 11.3 Å². The van der Waals surface area contributed by atoms with E-state index in [0.29, 0.717) is 6.54 Å². The highest BCUT2D eigenvalue weighted by Gasteiger charge is 2.15. The van der Waals surface area contributed by atoms with Crippen LogP contribution >= 0.6 is 11.3 Å². The lowest BCUT2D eigenvalue weighted by Gasteiger charge is -2.26. The minimum atomic E-state index is 0.189. The van der Waals surface area contributed by atoms with Crippen molar-refractivity contribution in [3.05, 3.63) is 28.8 Å². The van der Waals surface area contributed by atoms with Gasteiger partial charge in [0, 0.05) is 31.7 Å². The molecule has 2 heterocycles. The molecule has 19 heavy (non-hydrogen) atoms. The average Bonchev–Trinajstić information content (AvgIpc) is 2.78. The highest BCUT2D eigenvalue weighted by atomic mass is 32.1. The molecule has 2 aromatic rings. The van der Waals surface area contributed by atoms with Crippen LogP contribution in [0, 0.1) is 6.92 Å². The van der Waals surface area contributed by atoms with Crippen LogP contribution in [-0.4, -0.2) is 48.4 Å². The number of aromatic nitrogens is 1. The number of piperazine rings is 1. The Bertz CT molecular complexity index is 602. The fourth-order valence-corrected chi connectivity index (χ4v) is 3.19. The third-order valence-corrected chi connectivity index (χ3v) is 4.35. The van der Waals surface area contributed by atoms with Crippen LogP contribution in [0.5, 0.6) is 0 Å². The first kappa shape index (κ1) is 12.7. The first-order valence-corrected chi connectivity index (χ1v) is 7.37. The molecule has 0 bridgehead atoms. The van der Waals surface area contributed by atoms with E-state index < -0.39 is 0 Å². The van der Waals surface area contributed by atoms with E-state index in [2.05, 4.69) is 15.2 Å². The summed E-state index contributed by atoms with van der Waals surface area (Å²) in [6.45, 7) is 6.34. The van der Waals surface area contributed by atoms with Crippen LogP contribution < -0.4 is 5.32 Å². The number of carbonyl (C=O) groups is 1. The number of carbonyl (C=O) groups excluding carboxylic acids is 1. The van der Waals surface area contributed by atoms with Crippen molar-refractivity contribution in [2.24, 2.45) is 0 Å². The van der Waals surface area contributed by atoms with Gasteiger partial charge in [0.2, 0.25) is 0 Å². The van der Waals surface area contributed by atoms with Gasteiger partial charge in [-0.15, -0.1) is 11.3 Å².